The first kappa shape index (κ1) is 12.9. The van der Waals surface area contributed by atoms with E-state index in [1.54, 1.807) is 0 Å². The largest absolute Gasteiger partial charge is 0.278 e. The molecule has 0 saturated heterocycles. The van der Waals surface area contributed by atoms with Crippen LogP contribution in [0, 0.1) is 18.2 Å². The number of hydroxylamine groups is 2. The van der Waals surface area contributed by atoms with Crippen molar-refractivity contribution in [3.05, 3.63) is 48.3 Å². The highest BCUT2D eigenvalue weighted by atomic mass is 19.1. The lowest BCUT2D eigenvalue weighted by Crippen LogP contribution is -2.31. The monoisotopic (exact) mass is 233 g/mol. The van der Waals surface area contributed by atoms with Crippen LogP contribution in [0.2, 0.25) is 0 Å². The molecule has 0 heterocycles. The van der Waals surface area contributed by atoms with Gasteiger partial charge in [0, 0.05) is 5.56 Å². The van der Waals surface area contributed by atoms with Gasteiger partial charge < -0.3 is 0 Å². The Morgan fingerprint density at radius 2 is 2.18 bits per heavy atom. The molecule has 0 unspecified atom stereocenters. The van der Waals surface area contributed by atoms with E-state index < -0.39 is 11.7 Å². The Morgan fingerprint density at radius 1 is 1.53 bits per heavy atom. The van der Waals surface area contributed by atoms with Crippen LogP contribution in [-0.2, 0) is 4.84 Å². The number of nitrogens with zero attached hydrogens (tertiary/aromatic N) is 1. The van der Waals surface area contributed by atoms with Gasteiger partial charge in [-0.05, 0) is 24.3 Å². The van der Waals surface area contributed by atoms with Crippen molar-refractivity contribution in [2.75, 3.05) is 13.2 Å². The van der Waals surface area contributed by atoms with Gasteiger partial charge in [0.25, 0.3) is 5.91 Å². The molecule has 0 aliphatic heterocycles. The third-order valence-corrected chi connectivity index (χ3v) is 1.90. The van der Waals surface area contributed by atoms with Crippen molar-refractivity contribution in [2.24, 2.45) is 0 Å². The van der Waals surface area contributed by atoms with E-state index in [1.807, 2.05) is 0 Å². The minimum absolute atomic E-state index is 0.0179. The lowest BCUT2D eigenvalue weighted by Gasteiger charge is -2.18. The molecule has 0 bridgehead atoms. The van der Waals surface area contributed by atoms with Gasteiger partial charge >= 0.3 is 0 Å². The number of benzene rings is 1. The fourth-order valence-electron chi connectivity index (χ4n) is 1.14. The number of rotatable bonds is 5. The molecular formula is C13H12FNO2. The molecule has 1 amide bonds. The van der Waals surface area contributed by atoms with Crippen LogP contribution in [0.4, 0.5) is 4.39 Å². The molecule has 0 aliphatic carbocycles. The summed E-state index contributed by atoms with van der Waals surface area (Å²) in [5.41, 5.74) is 0.311. The van der Waals surface area contributed by atoms with Crippen LogP contribution in [0.25, 0.3) is 0 Å². The van der Waals surface area contributed by atoms with Gasteiger partial charge in [0.05, 0.1) is 6.61 Å². The predicted octanol–water partition coefficient (Wildman–Crippen LogP) is 2.02. The summed E-state index contributed by atoms with van der Waals surface area (Å²) in [5, 5.41) is 1.04. The zero-order chi connectivity index (χ0) is 12.7. The van der Waals surface area contributed by atoms with Crippen LogP contribution in [0.15, 0.2) is 36.9 Å². The highest BCUT2D eigenvalue weighted by Crippen LogP contribution is 2.07. The third-order valence-electron chi connectivity index (χ3n) is 1.90. The van der Waals surface area contributed by atoms with Crippen molar-refractivity contribution in [2.45, 2.75) is 0 Å². The van der Waals surface area contributed by atoms with Crippen molar-refractivity contribution >= 4 is 5.91 Å². The molecule has 0 radical (unpaired) electrons. The molecule has 0 aliphatic rings. The topological polar surface area (TPSA) is 29.5 Å². The van der Waals surface area contributed by atoms with E-state index in [4.69, 9.17) is 11.3 Å². The predicted molar refractivity (Wildman–Crippen MR) is 62.4 cm³/mol. The minimum atomic E-state index is -0.412. The Kier molecular flexibility index (Phi) is 4.92. The van der Waals surface area contributed by atoms with Crippen LogP contribution in [0.3, 0.4) is 0 Å². The summed E-state index contributed by atoms with van der Waals surface area (Å²) in [6, 6.07) is 5.15. The van der Waals surface area contributed by atoms with Crippen LogP contribution in [-0.4, -0.2) is 24.1 Å². The van der Waals surface area contributed by atoms with Gasteiger partial charge in [0.1, 0.15) is 12.4 Å². The first-order valence-electron chi connectivity index (χ1n) is 4.93. The number of carbonyl (C=O) groups excluding carboxylic acids is 1. The quantitative estimate of drug-likeness (QED) is 0.442. The molecule has 17 heavy (non-hydrogen) atoms. The first-order chi connectivity index (χ1) is 8.19. The molecule has 4 heteroatoms. The fourth-order valence-corrected chi connectivity index (χ4v) is 1.14. The summed E-state index contributed by atoms with van der Waals surface area (Å²) >= 11 is 0. The molecule has 0 fully saturated rings. The maximum Gasteiger partial charge on any atom is 0.278 e. The number of hydrogen-bond acceptors (Lipinski definition) is 2. The minimum Gasteiger partial charge on any atom is -0.267 e. The Balaban J connectivity index is 2.80. The van der Waals surface area contributed by atoms with E-state index in [9.17, 15) is 9.18 Å². The van der Waals surface area contributed by atoms with Crippen molar-refractivity contribution in [3.8, 4) is 12.3 Å². The van der Waals surface area contributed by atoms with Gasteiger partial charge in [-0.2, -0.15) is 0 Å². The number of amides is 1. The van der Waals surface area contributed by atoms with Crippen LogP contribution >= 0.6 is 0 Å². The smallest absolute Gasteiger partial charge is 0.267 e. The normalized spacial score (nSPS) is 9.41. The number of carbonyl (C=O) groups is 1. The molecule has 0 saturated carbocycles. The maximum absolute atomic E-state index is 12.7. The Labute approximate surface area is 99.5 Å². The Bertz CT molecular complexity index is 434. The van der Waals surface area contributed by atoms with Gasteiger partial charge in [-0.3, -0.25) is 9.63 Å². The maximum atomic E-state index is 12.7. The summed E-state index contributed by atoms with van der Waals surface area (Å²) in [6.45, 7) is 3.67. The molecule has 3 nitrogen and oxygen atoms in total. The first-order valence-corrected chi connectivity index (χ1v) is 4.93. The van der Waals surface area contributed by atoms with Gasteiger partial charge in [0.15, 0.2) is 0 Å². The van der Waals surface area contributed by atoms with Crippen LogP contribution in [0.1, 0.15) is 10.4 Å². The van der Waals surface area contributed by atoms with Crippen LogP contribution in [0.5, 0.6) is 0 Å². The fraction of sp³-hybridized carbons (Fsp3) is 0.154. The second-order valence-corrected chi connectivity index (χ2v) is 3.14. The number of hydrogen-bond donors (Lipinski definition) is 0. The Morgan fingerprint density at radius 3 is 2.71 bits per heavy atom. The Hall–Kier alpha value is -2.12. The van der Waals surface area contributed by atoms with Crippen molar-refractivity contribution in [3.63, 3.8) is 0 Å². The third kappa shape index (κ3) is 3.74. The van der Waals surface area contributed by atoms with Gasteiger partial charge in [-0.15, -0.1) is 13.0 Å². The van der Waals surface area contributed by atoms with Crippen molar-refractivity contribution in [1.29, 1.82) is 0 Å². The molecule has 0 N–H and O–H groups in total. The van der Waals surface area contributed by atoms with Crippen molar-refractivity contribution in [1.82, 2.24) is 5.06 Å². The van der Waals surface area contributed by atoms with Gasteiger partial charge in [-0.1, -0.05) is 12.0 Å². The summed E-state index contributed by atoms with van der Waals surface area (Å²) < 4.78 is 12.7. The molecule has 0 atom stereocenters. The van der Waals surface area contributed by atoms with E-state index in [-0.39, 0.29) is 13.2 Å². The summed E-state index contributed by atoms with van der Waals surface area (Å²) in [6.07, 6.45) is 6.63. The summed E-state index contributed by atoms with van der Waals surface area (Å²) in [4.78, 5) is 17.0. The lowest BCUT2D eigenvalue weighted by molar-refractivity contribution is -0.103. The molecule has 88 valence electrons. The van der Waals surface area contributed by atoms with Gasteiger partial charge in [0.2, 0.25) is 0 Å². The van der Waals surface area contributed by atoms with E-state index in [0.717, 1.165) is 5.06 Å². The summed E-state index contributed by atoms with van der Waals surface area (Å²) in [5.74, 6) is 1.49. The molecule has 0 aromatic heterocycles. The molecule has 1 aromatic rings. The zero-order valence-electron chi connectivity index (χ0n) is 9.23. The average molecular weight is 233 g/mol. The average Bonchev–Trinajstić information content (AvgIpc) is 2.34. The van der Waals surface area contributed by atoms with Crippen LogP contribution < -0.4 is 0 Å². The van der Waals surface area contributed by atoms with Gasteiger partial charge in [-0.25, -0.2) is 9.45 Å². The van der Waals surface area contributed by atoms with E-state index in [2.05, 4.69) is 12.5 Å². The van der Waals surface area contributed by atoms with Crippen molar-refractivity contribution < 1.29 is 14.0 Å². The van der Waals surface area contributed by atoms with E-state index in [0.29, 0.717) is 5.56 Å². The molecule has 0 spiro atoms. The second kappa shape index (κ2) is 6.46. The SMILES string of the molecule is C#CCN(OCC=C)C(=O)c1ccc(F)cc1. The highest BCUT2D eigenvalue weighted by Gasteiger charge is 2.15. The molecule has 1 aromatic carbocycles. The number of halogens is 1. The molecular weight excluding hydrogens is 221 g/mol. The molecule has 1 rings (SSSR count). The highest BCUT2D eigenvalue weighted by molar-refractivity contribution is 5.93. The summed E-state index contributed by atoms with van der Waals surface area (Å²) in [7, 11) is 0. The number of terminal acetylenes is 1. The zero-order valence-corrected chi connectivity index (χ0v) is 9.23. The second-order valence-electron chi connectivity index (χ2n) is 3.14. The van der Waals surface area contributed by atoms with E-state index >= 15 is 0 Å². The lowest BCUT2D eigenvalue weighted by atomic mass is 10.2. The standard InChI is InChI=1S/C13H12FNO2/c1-3-9-15(17-10-4-2)13(16)11-5-7-12(14)8-6-11/h1,4-8H,2,9-10H2. The van der Waals surface area contributed by atoms with E-state index in [1.165, 1.54) is 30.3 Å².